The fourth-order valence-electron chi connectivity index (χ4n) is 4.37. The van der Waals surface area contributed by atoms with Crippen LogP contribution in [0.3, 0.4) is 0 Å². The zero-order chi connectivity index (χ0) is 22.1. The lowest BCUT2D eigenvalue weighted by Gasteiger charge is -2.37. The molecule has 6 nitrogen and oxygen atoms in total. The number of nitriles is 1. The first-order valence-electron chi connectivity index (χ1n) is 10.3. The third-order valence-corrected chi connectivity index (χ3v) is 5.75. The van der Waals surface area contributed by atoms with E-state index in [1.807, 2.05) is 45.9 Å². The quantitative estimate of drug-likeness (QED) is 0.691. The maximum Gasteiger partial charge on any atom is 0.168 e. The fourth-order valence-corrected chi connectivity index (χ4v) is 4.37. The summed E-state index contributed by atoms with van der Waals surface area (Å²) in [5.41, 5.74) is 1.24. The molecule has 30 heavy (non-hydrogen) atoms. The second kappa shape index (κ2) is 8.06. The third-order valence-electron chi connectivity index (χ3n) is 5.75. The maximum atomic E-state index is 12.3. The zero-order valence-corrected chi connectivity index (χ0v) is 18.0. The van der Waals surface area contributed by atoms with Crippen molar-refractivity contribution in [3.63, 3.8) is 0 Å². The van der Waals surface area contributed by atoms with Crippen molar-refractivity contribution >= 4 is 29.2 Å². The summed E-state index contributed by atoms with van der Waals surface area (Å²) >= 11 is 0. The van der Waals surface area contributed by atoms with E-state index in [0.717, 1.165) is 12.1 Å². The second-order valence-corrected chi connectivity index (χ2v) is 9.98. The minimum absolute atomic E-state index is 0.0263. The average molecular weight is 408 g/mol. The van der Waals surface area contributed by atoms with Gasteiger partial charge in [0.25, 0.3) is 0 Å². The van der Waals surface area contributed by atoms with Crippen molar-refractivity contribution in [1.82, 2.24) is 0 Å². The molecule has 2 atom stereocenters. The molecule has 0 saturated heterocycles. The predicted octanol–water partition coefficient (Wildman–Crippen LogP) is 4.90. The van der Waals surface area contributed by atoms with Crippen molar-refractivity contribution in [3.8, 4) is 6.07 Å². The van der Waals surface area contributed by atoms with Crippen LogP contribution in [-0.2, 0) is 9.59 Å². The Balaban J connectivity index is 1.78. The molecule has 0 radical (unpaired) electrons. The van der Waals surface area contributed by atoms with Gasteiger partial charge in [0.05, 0.1) is 17.3 Å². The summed E-state index contributed by atoms with van der Waals surface area (Å²) in [4.78, 5) is 29.1. The van der Waals surface area contributed by atoms with Crippen LogP contribution < -0.4 is 5.32 Å². The summed E-state index contributed by atoms with van der Waals surface area (Å²) in [5.74, 6) is -0.729. The molecule has 0 heterocycles. The number of hydrogen-bond acceptors (Lipinski definition) is 6. The van der Waals surface area contributed by atoms with Crippen molar-refractivity contribution in [2.45, 2.75) is 59.4 Å². The molecule has 0 amide bonds. The molecule has 1 fully saturated rings. The SMILES string of the molecule is CC1(C)CC(=O)C(C=Nc2cccc(N[C@H]3CC(C)(C)CC(=O)[C@@H]3C#N)c2)=C(O)C1. The molecule has 0 spiro atoms. The molecular formula is C24H29N3O3. The number of aliphatic hydroxyl groups is 1. The van der Waals surface area contributed by atoms with E-state index < -0.39 is 5.92 Å². The highest BCUT2D eigenvalue weighted by molar-refractivity contribution is 6.14. The number of carbonyl (C=O) groups excluding carboxylic acids is 2. The standard InChI is InChI=1S/C24H29N3O3/c1-23(2)9-19(17(13-25)20(28)10-23)27-16-7-5-6-15(8-16)26-14-18-21(29)11-24(3,4)12-22(18)30/h5-8,14,17,19,27,29H,9-12H2,1-4H3/t17-,19+/m1/s1. The van der Waals surface area contributed by atoms with Gasteiger partial charge in [-0.15, -0.1) is 0 Å². The molecule has 3 rings (SSSR count). The van der Waals surface area contributed by atoms with Crippen molar-refractivity contribution < 1.29 is 14.7 Å². The lowest BCUT2D eigenvalue weighted by molar-refractivity contribution is -0.126. The maximum absolute atomic E-state index is 12.3. The first kappa shape index (κ1) is 21.8. The van der Waals surface area contributed by atoms with Gasteiger partial charge in [0.1, 0.15) is 11.7 Å². The average Bonchev–Trinajstić information content (AvgIpc) is 2.59. The Bertz CT molecular complexity index is 966. The van der Waals surface area contributed by atoms with Gasteiger partial charge in [0.2, 0.25) is 0 Å². The molecule has 6 heteroatoms. The molecule has 0 aromatic heterocycles. The number of nitrogens with zero attached hydrogens (tertiary/aromatic N) is 2. The first-order chi connectivity index (χ1) is 14.0. The number of hydrogen-bond donors (Lipinski definition) is 2. The van der Waals surface area contributed by atoms with E-state index in [0.29, 0.717) is 24.9 Å². The van der Waals surface area contributed by atoms with Crippen LogP contribution in [0.25, 0.3) is 0 Å². The lowest BCUT2D eigenvalue weighted by atomic mass is 9.70. The molecule has 1 aromatic carbocycles. The van der Waals surface area contributed by atoms with Gasteiger partial charge >= 0.3 is 0 Å². The number of rotatable bonds is 4. The topological polar surface area (TPSA) is 103 Å². The van der Waals surface area contributed by atoms with Crippen LogP contribution in [0.4, 0.5) is 11.4 Å². The Kier molecular flexibility index (Phi) is 5.85. The summed E-state index contributed by atoms with van der Waals surface area (Å²) in [6.07, 6.45) is 3.38. The summed E-state index contributed by atoms with van der Waals surface area (Å²) < 4.78 is 0. The van der Waals surface area contributed by atoms with Crippen LogP contribution in [0.15, 0.2) is 40.6 Å². The van der Waals surface area contributed by atoms with E-state index >= 15 is 0 Å². The molecule has 0 bridgehead atoms. The minimum atomic E-state index is -0.671. The molecule has 0 unspecified atom stereocenters. The fraction of sp³-hybridized carbons (Fsp3) is 0.500. The number of carbonyl (C=O) groups is 2. The Morgan fingerprint density at radius 1 is 1.17 bits per heavy atom. The highest BCUT2D eigenvalue weighted by Gasteiger charge is 2.40. The molecule has 1 aromatic rings. The smallest absolute Gasteiger partial charge is 0.168 e. The lowest BCUT2D eigenvalue weighted by Crippen LogP contribution is -2.44. The summed E-state index contributed by atoms with van der Waals surface area (Å²) in [5, 5.41) is 23.0. The van der Waals surface area contributed by atoms with Gasteiger partial charge in [-0.2, -0.15) is 5.26 Å². The second-order valence-electron chi connectivity index (χ2n) is 9.98. The number of nitrogens with one attached hydrogen (secondary N) is 1. The van der Waals surface area contributed by atoms with Gasteiger partial charge in [-0.3, -0.25) is 14.6 Å². The van der Waals surface area contributed by atoms with Crippen molar-refractivity contribution in [2.24, 2.45) is 21.7 Å². The Hall–Kier alpha value is -2.94. The monoisotopic (exact) mass is 407 g/mol. The number of allylic oxidation sites excluding steroid dienone is 2. The molecule has 1 saturated carbocycles. The summed E-state index contributed by atoms with van der Waals surface area (Å²) in [6.45, 7) is 7.99. The van der Waals surface area contributed by atoms with Crippen LogP contribution >= 0.6 is 0 Å². The third kappa shape index (κ3) is 4.96. The van der Waals surface area contributed by atoms with Crippen molar-refractivity contribution in [2.75, 3.05) is 5.32 Å². The number of benzene rings is 1. The molecule has 2 N–H and O–H groups in total. The number of aliphatic hydroxyl groups excluding tert-OH is 1. The van der Waals surface area contributed by atoms with Crippen molar-refractivity contribution in [1.29, 1.82) is 5.26 Å². The van der Waals surface area contributed by atoms with Crippen molar-refractivity contribution in [3.05, 3.63) is 35.6 Å². The van der Waals surface area contributed by atoms with Gasteiger partial charge in [0, 0.05) is 37.2 Å². The van der Waals surface area contributed by atoms with Gasteiger partial charge in [0.15, 0.2) is 11.6 Å². The van der Waals surface area contributed by atoms with Crippen LogP contribution in [0.5, 0.6) is 0 Å². The van der Waals surface area contributed by atoms with E-state index in [4.69, 9.17) is 0 Å². The number of Topliss-reactive ketones (excluding diaryl/α,β-unsaturated/α-hetero) is 2. The van der Waals surface area contributed by atoms with Crippen LogP contribution in [0, 0.1) is 28.1 Å². The Labute approximate surface area is 177 Å². The normalized spacial score (nSPS) is 26.0. The zero-order valence-electron chi connectivity index (χ0n) is 18.0. The van der Waals surface area contributed by atoms with Crippen LogP contribution in [0.1, 0.15) is 53.4 Å². The molecule has 2 aliphatic carbocycles. The van der Waals surface area contributed by atoms with E-state index in [2.05, 4.69) is 16.4 Å². The number of anilines is 1. The Morgan fingerprint density at radius 3 is 2.57 bits per heavy atom. The van der Waals surface area contributed by atoms with E-state index in [9.17, 15) is 20.0 Å². The largest absolute Gasteiger partial charge is 0.511 e. The number of ketones is 2. The molecule has 158 valence electrons. The van der Waals surface area contributed by atoms with E-state index in [1.165, 1.54) is 6.21 Å². The van der Waals surface area contributed by atoms with Gasteiger partial charge < -0.3 is 10.4 Å². The summed E-state index contributed by atoms with van der Waals surface area (Å²) in [7, 11) is 0. The molecular weight excluding hydrogens is 378 g/mol. The van der Waals surface area contributed by atoms with E-state index in [-0.39, 0.29) is 39.8 Å². The highest BCUT2D eigenvalue weighted by atomic mass is 16.3. The van der Waals surface area contributed by atoms with Gasteiger partial charge in [-0.05, 0) is 35.4 Å². The highest BCUT2D eigenvalue weighted by Crippen LogP contribution is 2.38. The minimum Gasteiger partial charge on any atom is -0.511 e. The number of aliphatic imine (C=N–C) groups is 1. The molecule has 0 aliphatic heterocycles. The van der Waals surface area contributed by atoms with Gasteiger partial charge in [-0.1, -0.05) is 33.8 Å². The van der Waals surface area contributed by atoms with E-state index in [1.54, 1.807) is 6.07 Å². The van der Waals surface area contributed by atoms with Crippen LogP contribution in [-0.4, -0.2) is 28.9 Å². The van der Waals surface area contributed by atoms with Crippen LogP contribution in [0.2, 0.25) is 0 Å². The molecule has 2 aliphatic rings. The summed E-state index contributed by atoms with van der Waals surface area (Å²) in [6, 6.07) is 9.19. The predicted molar refractivity (Wildman–Crippen MR) is 117 cm³/mol. The first-order valence-corrected chi connectivity index (χ1v) is 10.3. The van der Waals surface area contributed by atoms with Gasteiger partial charge in [-0.25, -0.2) is 0 Å². The Morgan fingerprint density at radius 2 is 1.90 bits per heavy atom.